The van der Waals surface area contributed by atoms with E-state index in [2.05, 4.69) is 11.5 Å². The Morgan fingerprint density at radius 2 is 1.82 bits per heavy atom. The average molecular weight is 386 g/mol. The fourth-order valence-corrected chi connectivity index (χ4v) is 3.57. The van der Waals surface area contributed by atoms with Crippen LogP contribution >= 0.6 is 0 Å². The summed E-state index contributed by atoms with van der Waals surface area (Å²) in [6.07, 6.45) is 2.64. The number of nitrogens with zero attached hydrogens (tertiary/aromatic N) is 1. The lowest BCUT2D eigenvalue weighted by Crippen LogP contribution is -2.14. The Morgan fingerprint density at radius 3 is 2.36 bits per heavy atom. The van der Waals surface area contributed by atoms with Gasteiger partial charge in [0.15, 0.2) is 0 Å². The van der Waals surface area contributed by atoms with Crippen molar-refractivity contribution in [2.45, 2.75) is 46.6 Å². The van der Waals surface area contributed by atoms with Crippen molar-refractivity contribution in [2.24, 2.45) is 5.73 Å². The van der Waals surface area contributed by atoms with Gasteiger partial charge in [0.05, 0.1) is 18.2 Å². The van der Waals surface area contributed by atoms with E-state index < -0.39 is 5.91 Å². The zero-order valence-electron chi connectivity index (χ0n) is 17.2. The molecule has 0 spiro atoms. The van der Waals surface area contributed by atoms with Crippen LogP contribution in [0.2, 0.25) is 0 Å². The monoisotopic (exact) mass is 386 g/mol. The van der Waals surface area contributed by atoms with E-state index in [4.69, 9.17) is 15.2 Å². The number of carbonyl (C=O) groups excluding carboxylic acids is 2. The topological polar surface area (TPSA) is 83.5 Å². The van der Waals surface area contributed by atoms with Gasteiger partial charge in [-0.05, 0) is 44.4 Å². The molecule has 1 aromatic heterocycles. The van der Waals surface area contributed by atoms with Gasteiger partial charge in [-0.25, -0.2) is 4.79 Å². The van der Waals surface area contributed by atoms with Crippen LogP contribution in [0.15, 0.2) is 24.3 Å². The Hall–Kier alpha value is -2.60. The van der Waals surface area contributed by atoms with Crippen molar-refractivity contribution in [3.63, 3.8) is 0 Å². The third kappa shape index (κ3) is 4.62. The molecular weight excluding hydrogens is 356 g/mol. The molecule has 0 aliphatic heterocycles. The number of aromatic nitrogens is 1. The first-order valence-electron chi connectivity index (χ1n) is 9.74. The average Bonchev–Trinajstić information content (AvgIpc) is 2.97. The van der Waals surface area contributed by atoms with E-state index in [9.17, 15) is 9.59 Å². The number of methoxy groups -OCH3 is 1. The number of carbonyl (C=O) groups is 2. The summed E-state index contributed by atoms with van der Waals surface area (Å²) in [7, 11) is 1.35. The highest BCUT2D eigenvalue weighted by Crippen LogP contribution is 2.34. The van der Waals surface area contributed by atoms with E-state index >= 15 is 0 Å². The number of benzene rings is 1. The molecule has 0 saturated heterocycles. The first kappa shape index (κ1) is 21.7. The second kappa shape index (κ2) is 10.1. The van der Waals surface area contributed by atoms with Crippen molar-refractivity contribution >= 4 is 11.9 Å². The number of amides is 1. The van der Waals surface area contributed by atoms with Crippen LogP contribution in [-0.2, 0) is 22.4 Å². The van der Waals surface area contributed by atoms with Crippen molar-refractivity contribution in [3.8, 4) is 11.1 Å². The maximum atomic E-state index is 12.3. The van der Waals surface area contributed by atoms with Crippen LogP contribution in [0.4, 0.5) is 0 Å². The van der Waals surface area contributed by atoms with Crippen LogP contribution in [0.1, 0.15) is 58.8 Å². The van der Waals surface area contributed by atoms with Gasteiger partial charge in [-0.1, -0.05) is 25.5 Å². The number of rotatable bonds is 10. The molecule has 0 aliphatic carbocycles. The summed E-state index contributed by atoms with van der Waals surface area (Å²) in [4.78, 5) is 24.0. The highest BCUT2D eigenvalue weighted by molar-refractivity contribution is 6.02. The Labute approximate surface area is 166 Å². The second-order valence-corrected chi connectivity index (χ2v) is 6.67. The number of primary amides is 1. The summed E-state index contributed by atoms with van der Waals surface area (Å²) in [6.45, 7) is 8.16. The lowest BCUT2D eigenvalue weighted by Gasteiger charge is -2.13. The van der Waals surface area contributed by atoms with Crippen molar-refractivity contribution < 1.29 is 19.1 Å². The molecule has 0 atom stereocenters. The summed E-state index contributed by atoms with van der Waals surface area (Å²) in [6, 6.07) is 7.11. The maximum Gasteiger partial charge on any atom is 0.337 e. The third-order valence-electron chi connectivity index (χ3n) is 4.83. The Kier molecular flexibility index (Phi) is 7.81. The van der Waals surface area contributed by atoms with Gasteiger partial charge < -0.3 is 19.8 Å². The van der Waals surface area contributed by atoms with Gasteiger partial charge in [0.2, 0.25) is 0 Å². The highest BCUT2D eigenvalue weighted by Gasteiger charge is 2.24. The SMILES string of the molecule is CCCc1c(-c2ccc(C(=O)OC)cc2)c(C(N)=O)c(C)n1CCCOCC. The third-order valence-corrected chi connectivity index (χ3v) is 4.83. The van der Waals surface area contributed by atoms with E-state index in [1.165, 1.54) is 7.11 Å². The highest BCUT2D eigenvalue weighted by atomic mass is 16.5. The predicted octanol–water partition coefficient (Wildman–Crippen LogP) is 3.73. The Morgan fingerprint density at radius 1 is 1.14 bits per heavy atom. The lowest BCUT2D eigenvalue weighted by atomic mass is 9.97. The van der Waals surface area contributed by atoms with Crippen LogP contribution in [0.3, 0.4) is 0 Å². The minimum Gasteiger partial charge on any atom is -0.465 e. The molecule has 2 rings (SSSR count). The van der Waals surface area contributed by atoms with E-state index in [0.29, 0.717) is 24.3 Å². The minimum atomic E-state index is -0.439. The van der Waals surface area contributed by atoms with Crippen LogP contribution in [0.25, 0.3) is 11.1 Å². The molecule has 1 aromatic carbocycles. The fourth-order valence-electron chi connectivity index (χ4n) is 3.57. The van der Waals surface area contributed by atoms with Crippen molar-refractivity contribution in [3.05, 3.63) is 46.8 Å². The van der Waals surface area contributed by atoms with Crippen LogP contribution in [0.5, 0.6) is 0 Å². The van der Waals surface area contributed by atoms with Gasteiger partial charge in [-0.3, -0.25) is 4.79 Å². The number of nitrogens with two attached hydrogens (primary N) is 1. The molecule has 0 radical (unpaired) electrons. The van der Waals surface area contributed by atoms with E-state index in [-0.39, 0.29) is 5.97 Å². The smallest absolute Gasteiger partial charge is 0.337 e. The molecule has 0 saturated carbocycles. The molecular formula is C22H30N2O4. The summed E-state index contributed by atoms with van der Waals surface area (Å²) in [5.41, 5.74) is 10.5. The molecule has 0 unspecified atom stereocenters. The molecule has 2 N–H and O–H groups in total. The fraction of sp³-hybridized carbons (Fsp3) is 0.455. The van der Waals surface area contributed by atoms with Crippen LogP contribution < -0.4 is 5.73 Å². The van der Waals surface area contributed by atoms with Crippen molar-refractivity contribution in [2.75, 3.05) is 20.3 Å². The maximum absolute atomic E-state index is 12.3. The first-order chi connectivity index (χ1) is 13.5. The van der Waals surface area contributed by atoms with Gasteiger partial charge in [0.1, 0.15) is 0 Å². The number of hydrogen-bond donors (Lipinski definition) is 1. The zero-order valence-corrected chi connectivity index (χ0v) is 17.2. The minimum absolute atomic E-state index is 0.389. The molecule has 6 nitrogen and oxygen atoms in total. The summed E-state index contributed by atoms with van der Waals surface area (Å²) >= 11 is 0. The van der Waals surface area contributed by atoms with Gasteiger partial charge in [-0.2, -0.15) is 0 Å². The summed E-state index contributed by atoms with van der Waals surface area (Å²) < 4.78 is 12.4. The number of esters is 1. The van der Waals surface area contributed by atoms with Gasteiger partial charge in [0, 0.05) is 36.7 Å². The first-order valence-corrected chi connectivity index (χ1v) is 9.74. The number of hydrogen-bond acceptors (Lipinski definition) is 4. The standard InChI is InChI=1S/C22H30N2O4/c1-5-8-18-20(16-9-11-17(12-10-16)22(26)27-4)19(21(23)25)15(3)24(18)13-7-14-28-6-2/h9-12H,5-8,13-14H2,1-4H3,(H2,23,25). The molecule has 2 aromatic rings. The Balaban J connectivity index is 2.54. The number of ether oxygens (including phenoxy) is 2. The molecule has 0 aliphatic rings. The second-order valence-electron chi connectivity index (χ2n) is 6.67. The lowest BCUT2D eigenvalue weighted by molar-refractivity contribution is 0.0600. The van der Waals surface area contributed by atoms with Gasteiger partial charge in [-0.15, -0.1) is 0 Å². The van der Waals surface area contributed by atoms with Crippen molar-refractivity contribution in [1.29, 1.82) is 0 Å². The van der Waals surface area contributed by atoms with Gasteiger partial charge >= 0.3 is 5.97 Å². The molecule has 1 amide bonds. The summed E-state index contributed by atoms with van der Waals surface area (Å²) in [5, 5.41) is 0. The zero-order chi connectivity index (χ0) is 20.7. The van der Waals surface area contributed by atoms with E-state index in [1.54, 1.807) is 12.1 Å². The molecule has 28 heavy (non-hydrogen) atoms. The normalized spacial score (nSPS) is 10.9. The van der Waals surface area contributed by atoms with E-state index in [1.807, 2.05) is 26.0 Å². The Bertz CT molecular complexity index is 822. The van der Waals surface area contributed by atoms with E-state index in [0.717, 1.165) is 48.3 Å². The molecule has 0 fully saturated rings. The molecule has 1 heterocycles. The molecule has 6 heteroatoms. The quantitative estimate of drug-likeness (QED) is 0.498. The summed E-state index contributed by atoms with van der Waals surface area (Å²) in [5.74, 6) is -0.828. The largest absolute Gasteiger partial charge is 0.465 e. The van der Waals surface area contributed by atoms with Crippen LogP contribution in [-0.4, -0.2) is 36.8 Å². The molecule has 152 valence electrons. The van der Waals surface area contributed by atoms with Gasteiger partial charge in [0.25, 0.3) is 5.91 Å². The van der Waals surface area contributed by atoms with Crippen molar-refractivity contribution in [1.82, 2.24) is 4.57 Å². The molecule has 0 bridgehead atoms. The van der Waals surface area contributed by atoms with Crippen LogP contribution in [0, 0.1) is 6.92 Å². The predicted molar refractivity (Wildman–Crippen MR) is 110 cm³/mol.